The van der Waals surface area contributed by atoms with Gasteiger partial charge in [-0.2, -0.15) is 5.10 Å². The van der Waals surface area contributed by atoms with Crippen LogP contribution in [0.1, 0.15) is 31.4 Å². The second-order valence-electron chi connectivity index (χ2n) is 6.58. The minimum Gasteiger partial charge on any atom is -0.366 e. The summed E-state index contributed by atoms with van der Waals surface area (Å²) in [7, 11) is 0. The van der Waals surface area contributed by atoms with Gasteiger partial charge >= 0.3 is 0 Å². The number of rotatable bonds is 5. The number of aromatic nitrogens is 2. The topological polar surface area (TPSA) is 84.1 Å². The van der Waals surface area contributed by atoms with Gasteiger partial charge in [-0.3, -0.25) is 4.79 Å². The Morgan fingerprint density at radius 2 is 1.88 bits per heavy atom. The van der Waals surface area contributed by atoms with Gasteiger partial charge in [-0.25, -0.2) is 0 Å². The van der Waals surface area contributed by atoms with E-state index in [-0.39, 0.29) is 30.3 Å². The fourth-order valence-corrected chi connectivity index (χ4v) is 3.24. The van der Waals surface area contributed by atoms with E-state index in [0.29, 0.717) is 6.04 Å². The van der Waals surface area contributed by atoms with Crippen molar-refractivity contribution in [2.45, 2.75) is 31.8 Å². The molecule has 2 heterocycles. The van der Waals surface area contributed by atoms with Gasteiger partial charge in [-0.15, -0.1) is 17.5 Å². The number of carbonyl (C=O) groups excluding carboxylic acids is 1. The second-order valence-corrected chi connectivity index (χ2v) is 6.58. The third kappa shape index (κ3) is 4.93. The Balaban J connectivity index is 0.00000243. The van der Waals surface area contributed by atoms with E-state index in [0.717, 1.165) is 37.3 Å². The van der Waals surface area contributed by atoms with Gasteiger partial charge in [0.2, 0.25) is 5.91 Å². The van der Waals surface area contributed by atoms with E-state index < -0.39 is 0 Å². The molecule has 1 aromatic heterocycles. The van der Waals surface area contributed by atoms with Crippen LogP contribution in [-0.2, 0) is 4.79 Å². The van der Waals surface area contributed by atoms with Crippen molar-refractivity contribution in [2.24, 2.45) is 11.7 Å². The Bertz CT molecular complexity index is 677. The minimum absolute atomic E-state index is 0. The maximum absolute atomic E-state index is 12.8. The zero-order valence-corrected chi connectivity index (χ0v) is 15.7. The number of carbonyl (C=O) groups is 1. The van der Waals surface area contributed by atoms with Crippen molar-refractivity contribution >= 4 is 24.1 Å². The van der Waals surface area contributed by atoms with Crippen LogP contribution in [0.4, 0.5) is 5.82 Å². The van der Waals surface area contributed by atoms with Crippen molar-refractivity contribution in [1.29, 1.82) is 0 Å². The fraction of sp³-hybridized carbons (Fsp3) is 0.421. The monoisotopic (exact) mass is 375 g/mol. The van der Waals surface area contributed by atoms with Crippen molar-refractivity contribution < 1.29 is 4.79 Å². The number of hydrogen-bond donors (Lipinski definition) is 2. The summed E-state index contributed by atoms with van der Waals surface area (Å²) in [6, 6.07) is 13.6. The number of anilines is 1. The molecular weight excluding hydrogens is 350 g/mol. The van der Waals surface area contributed by atoms with E-state index in [1.54, 1.807) is 6.20 Å². The van der Waals surface area contributed by atoms with E-state index in [2.05, 4.69) is 15.5 Å². The molecule has 0 spiro atoms. The number of nitrogens with zero attached hydrogens (tertiary/aromatic N) is 3. The molecular formula is C19H26ClN5O. The highest BCUT2D eigenvalue weighted by Gasteiger charge is 2.29. The molecule has 1 aliphatic rings. The zero-order valence-electron chi connectivity index (χ0n) is 14.9. The predicted octanol–water partition coefficient (Wildman–Crippen LogP) is 2.64. The predicted molar refractivity (Wildman–Crippen MR) is 105 cm³/mol. The summed E-state index contributed by atoms with van der Waals surface area (Å²) in [5.41, 5.74) is 7.30. The van der Waals surface area contributed by atoms with Crippen molar-refractivity contribution in [3.63, 3.8) is 0 Å². The number of likely N-dealkylation sites (tertiary alicyclic amines) is 1. The van der Waals surface area contributed by atoms with Crippen molar-refractivity contribution in [2.75, 3.05) is 18.4 Å². The molecule has 140 valence electrons. The lowest BCUT2D eigenvalue weighted by molar-refractivity contribution is -0.136. The fourth-order valence-electron chi connectivity index (χ4n) is 3.24. The molecule has 3 rings (SSSR count). The number of nitrogens with one attached hydrogen (secondary N) is 1. The molecule has 2 atom stereocenters. The SMILES string of the molecule is CC(C(=O)N1CCC(Nc2cccnn2)CC1)C(N)c1ccccc1.Cl. The van der Waals surface area contributed by atoms with Crippen LogP contribution in [-0.4, -0.2) is 40.1 Å². The Labute approximate surface area is 160 Å². The van der Waals surface area contributed by atoms with E-state index in [9.17, 15) is 4.79 Å². The maximum atomic E-state index is 12.8. The molecule has 1 aliphatic heterocycles. The maximum Gasteiger partial charge on any atom is 0.227 e. The average molecular weight is 376 g/mol. The average Bonchev–Trinajstić information content (AvgIpc) is 2.68. The summed E-state index contributed by atoms with van der Waals surface area (Å²) in [5, 5.41) is 11.3. The highest BCUT2D eigenvalue weighted by molar-refractivity contribution is 5.85. The quantitative estimate of drug-likeness (QED) is 0.839. The summed E-state index contributed by atoms with van der Waals surface area (Å²) >= 11 is 0. The largest absolute Gasteiger partial charge is 0.366 e. The minimum atomic E-state index is -0.274. The van der Waals surface area contributed by atoms with Crippen LogP contribution in [0, 0.1) is 5.92 Å². The second kappa shape index (κ2) is 9.50. The van der Waals surface area contributed by atoms with Crippen LogP contribution < -0.4 is 11.1 Å². The van der Waals surface area contributed by atoms with Gasteiger partial charge in [0.15, 0.2) is 0 Å². The molecule has 0 aliphatic carbocycles. The Morgan fingerprint density at radius 1 is 1.19 bits per heavy atom. The van der Waals surface area contributed by atoms with Gasteiger partial charge in [-0.1, -0.05) is 37.3 Å². The molecule has 6 nitrogen and oxygen atoms in total. The highest BCUT2D eigenvalue weighted by atomic mass is 35.5. The third-order valence-corrected chi connectivity index (χ3v) is 4.84. The number of amides is 1. The molecule has 3 N–H and O–H groups in total. The van der Waals surface area contributed by atoms with Crippen LogP contribution >= 0.6 is 12.4 Å². The van der Waals surface area contributed by atoms with Gasteiger partial charge in [0, 0.05) is 31.4 Å². The van der Waals surface area contributed by atoms with E-state index in [4.69, 9.17) is 5.73 Å². The van der Waals surface area contributed by atoms with Crippen molar-refractivity contribution in [3.05, 3.63) is 54.2 Å². The van der Waals surface area contributed by atoms with Gasteiger partial charge in [0.1, 0.15) is 5.82 Å². The van der Waals surface area contributed by atoms with Crippen LogP contribution in [0.5, 0.6) is 0 Å². The van der Waals surface area contributed by atoms with Gasteiger partial charge in [0.25, 0.3) is 0 Å². The molecule has 1 amide bonds. The Kier molecular flexibility index (Phi) is 7.36. The molecule has 0 radical (unpaired) electrons. The Hall–Kier alpha value is -2.18. The molecule has 2 aromatic rings. The van der Waals surface area contributed by atoms with Gasteiger partial charge in [-0.05, 0) is 30.5 Å². The first-order valence-electron chi connectivity index (χ1n) is 8.78. The summed E-state index contributed by atoms with van der Waals surface area (Å²) in [4.78, 5) is 14.7. The first kappa shape index (κ1) is 20.1. The van der Waals surface area contributed by atoms with E-state index in [1.807, 2.05) is 54.3 Å². The number of benzene rings is 1. The molecule has 0 saturated carbocycles. The first-order valence-corrected chi connectivity index (χ1v) is 8.78. The molecule has 26 heavy (non-hydrogen) atoms. The Morgan fingerprint density at radius 3 is 2.50 bits per heavy atom. The number of hydrogen-bond acceptors (Lipinski definition) is 5. The lowest BCUT2D eigenvalue weighted by atomic mass is 9.93. The number of nitrogens with two attached hydrogens (primary N) is 1. The summed E-state index contributed by atoms with van der Waals surface area (Å²) in [5.74, 6) is 0.688. The molecule has 0 bridgehead atoms. The summed E-state index contributed by atoms with van der Waals surface area (Å²) in [6.45, 7) is 3.40. The van der Waals surface area contributed by atoms with Crippen LogP contribution in [0.2, 0.25) is 0 Å². The summed E-state index contributed by atoms with van der Waals surface area (Å²) < 4.78 is 0. The molecule has 1 fully saturated rings. The van der Waals surface area contributed by atoms with Crippen molar-refractivity contribution in [1.82, 2.24) is 15.1 Å². The van der Waals surface area contributed by atoms with Crippen LogP contribution in [0.3, 0.4) is 0 Å². The normalized spacial score (nSPS) is 17.1. The lowest BCUT2D eigenvalue weighted by Gasteiger charge is -2.35. The molecule has 2 unspecified atom stereocenters. The van der Waals surface area contributed by atoms with E-state index >= 15 is 0 Å². The summed E-state index contributed by atoms with van der Waals surface area (Å²) in [6.07, 6.45) is 3.45. The third-order valence-electron chi connectivity index (χ3n) is 4.84. The number of piperidine rings is 1. The van der Waals surface area contributed by atoms with Gasteiger partial charge < -0.3 is 16.0 Å². The standard InChI is InChI=1S/C19H25N5O.ClH/c1-14(18(20)15-6-3-2-4-7-15)19(25)24-12-9-16(10-13-24)22-17-8-5-11-21-23-17;/h2-8,11,14,16,18H,9-10,12-13,20H2,1H3,(H,22,23);1H. The lowest BCUT2D eigenvalue weighted by Crippen LogP contribution is -2.46. The first-order chi connectivity index (χ1) is 12.1. The van der Waals surface area contributed by atoms with E-state index in [1.165, 1.54) is 0 Å². The van der Waals surface area contributed by atoms with Crippen LogP contribution in [0.15, 0.2) is 48.7 Å². The van der Waals surface area contributed by atoms with Crippen molar-refractivity contribution in [3.8, 4) is 0 Å². The smallest absolute Gasteiger partial charge is 0.227 e. The number of halogens is 1. The molecule has 7 heteroatoms. The molecule has 1 saturated heterocycles. The molecule has 1 aromatic carbocycles. The van der Waals surface area contributed by atoms with Crippen LogP contribution in [0.25, 0.3) is 0 Å². The van der Waals surface area contributed by atoms with Gasteiger partial charge in [0.05, 0.1) is 5.92 Å². The highest BCUT2D eigenvalue weighted by Crippen LogP contribution is 2.23. The zero-order chi connectivity index (χ0) is 17.6.